The molecule has 0 aliphatic heterocycles. The summed E-state index contributed by atoms with van der Waals surface area (Å²) in [6.07, 6.45) is 3.62. The van der Waals surface area contributed by atoms with Crippen LogP contribution < -0.4 is 5.32 Å². The first kappa shape index (κ1) is 16.9. The first-order valence-corrected chi connectivity index (χ1v) is 6.78. The van der Waals surface area contributed by atoms with Gasteiger partial charge in [-0.05, 0) is 29.9 Å². The fourth-order valence-corrected chi connectivity index (χ4v) is 1.40. The van der Waals surface area contributed by atoms with Crippen LogP contribution in [0.4, 0.5) is 10.2 Å². The maximum absolute atomic E-state index is 13.1. The molecule has 104 valence electrons. The van der Waals surface area contributed by atoms with Gasteiger partial charge in [-0.1, -0.05) is 41.0 Å². The lowest BCUT2D eigenvalue weighted by Gasteiger charge is -2.10. The summed E-state index contributed by atoms with van der Waals surface area (Å²) in [5.41, 5.74) is 0.698. The van der Waals surface area contributed by atoms with Gasteiger partial charge in [0.25, 0.3) is 0 Å². The van der Waals surface area contributed by atoms with Gasteiger partial charge in [-0.25, -0.2) is 9.37 Å². The molecule has 1 rings (SSSR count). The number of halogens is 1. The van der Waals surface area contributed by atoms with Crippen molar-refractivity contribution < 1.29 is 4.39 Å². The van der Waals surface area contributed by atoms with E-state index in [1.807, 2.05) is 6.92 Å². The molecule has 0 saturated carbocycles. The molecule has 1 atom stereocenters. The van der Waals surface area contributed by atoms with Gasteiger partial charge in [0, 0.05) is 13.2 Å². The van der Waals surface area contributed by atoms with E-state index in [9.17, 15) is 4.39 Å². The zero-order valence-corrected chi connectivity index (χ0v) is 12.5. The summed E-state index contributed by atoms with van der Waals surface area (Å²) in [6, 6.07) is 1.69. The van der Waals surface area contributed by atoms with E-state index in [1.54, 1.807) is 19.3 Å². The highest BCUT2D eigenvalue weighted by atomic mass is 19.1. The van der Waals surface area contributed by atoms with E-state index < -0.39 is 0 Å². The third kappa shape index (κ3) is 5.48. The largest absolute Gasteiger partial charge is 0.371 e. The summed E-state index contributed by atoms with van der Waals surface area (Å²) in [6.45, 7) is 11.0. The van der Waals surface area contributed by atoms with Crippen LogP contribution in [0.2, 0.25) is 0 Å². The van der Waals surface area contributed by atoms with Crippen molar-refractivity contribution in [3.63, 3.8) is 0 Å². The predicted octanol–water partition coefficient (Wildman–Crippen LogP) is 4.51. The number of nitrogens with one attached hydrogen (secondary N) is 1. The number of nitrogens with zero attached hydrogens (tertiary/aromatic N) is 1. The van der Waals surface area contributed by atoms with Gasteiger partial charge < -0.3 is 5.32 Å². The summed E-state index contributed by atoms with van der Waals surface area (Å²) in [4.78, 5) is 3.82. The molecule has 2 nitrogen and oxygen atoms in total. The average Bonchev–Trinajstić information content (AvgIpc) is 2.38. The van der Waals surface area contributed by atoms with Gasteiger partial charge in [-0.3, -0.25) is 0 Å². The van der Waals surface area contributed by atoms with Gasteiger partial charge in [0.05, 0.1) is 0 Å². The molecule has 1 heterocycles. The molecule has 18 heavy (non-hydrogen) atoms. The van der Waals surface area contributed by atoms with Crippen LogP contribution in [0, 0.1) is 17.7 Å². The first-order valence-electron chi connectivity index (χ1n) is 6.78. The number of pyridine rings is 1. The molecule has 0 saturated heterocycles. The topological polar surface area (TPSA) is 24.9 Å². The Labute approximate surface area is 111 Å². The SMILES string of the molecule is CCC(C)C(C)C.CCc1ccnc(NC)c1F. The van der Waals surface area contributed by atoms with Gasteiger partial charge in [0.1, 0.15) is 0 Å². The fraction of sp³-hybridized carbons (Fsp3) is 0.667. The van der Waals surface area contributed by atoms with E-state index in [-0.39, 0.29) is 5.82 Å². The zero-order chi connectivity index (χ0) is 14.1. The van der Waals surface area contributed by atoms with E-state index in [1.165, 1.54) is 6.42 Å². The maximum atomic E-state index is 13.1. The van der Waals surface area contributed by atoms with Gasteiger partial charge in [-0.15, -0.1) is 0 Å². The molecule has 1 N–H and O–H groups in total. The second-order valence-corrected chi connectivity index (χ2v) is 4.87. The third-order valence-electron chi connectivity index (χ3n) is 3.37. The van der Waals surface area contributed by atoms with Gasteiger partial charge >= 0.3 is 0 Å². The Morgan fingerprint density at radius 2 is 1.89 bits per heavy atom. The van der Waals surface area contributed by atoms with Crippen molar-refractivity contribution in [2.24, 2.45) is 11.8 Å². The standard InChI is InChI=1S/C8H11FN2.C7H16/c1-3-6-4-5-11-8(10-2)7(6)9;1-5-7(4)6(2)3/h4-5H,3H2,1-2H3,(H,10,11);6-7H,5H2,1-4H3. The van der Waals surface area contributed by atoms with E-state index >= 15 is 0 Å². The van der Waals surface area contributed by atoms with E-state index in [0.717, 1.165) is 11.8 Å². The predicted molar refractivity (Wildman–Crippen MR) is 77.4 cm³/mol. The molecule has 1 aromatic heterocycles. The second kappa shape index (κ2) is 8.90. The number of aromatic nitrogens is 1. The molecule has 1 aromatic rings. The Morgan fingerprint density at radius 1 is 1.28 bits per heavy atom. The minimum absolute atomic E-state index is 0.238. The number of rotatable bonds is 4. The lowest BCUT2D eigenvalue weighted by atomic mass is 9.96. The van der Waals surface area contributed by atoms with Crippen LogP contribution in [0.5, 0.6) is 0 Å². The number of anilines is 1. The molecule has 0 fully saturated rings. The van der Waals surface area contributed by atoms with Crippen LogP contribution in [-0.2, 0) is 6.42 Å². The van der Waals surface area contributed by atoms with Crippen LogP contribution in [0.1, 0.15) is 46.6 Å². The Morgan fingerprint density at radius 3 is 2.22 bits per heavy atom. The van der Waals surface area contributed by atoms with Gasteiger partial charge in [0.15, 0.2) is 11.6 Å². The molecular weight excluding hydrogens is 227 g/mol. The van der Waals surface area contributed by atoms with Gasteiger partial charge in [0.2, 0.25) is 0 Å². The van der Waals surface area contributed by atoms with E-state index in [2.05, 4.69) is 38.0 Å². The van der Waals surface area contributed by atoms with Gasteiger partial charge in [-0.2, -0.15) is 0 Å². The fourth-order valence-electron chi connectivity index (χ4n) is 1.40. The minimum Gasteiger partial charge on any atom is -0.371 e. The zero-order valence-electron chi connectivity index (χ0n) is 12.5. The minimum atomic E-state index is -0.238. The highest BCUT2D eigenvalue weighted by molar-refractivity contribution is 5.38. The molecule has 0 bridgehead atoms. The molecule has 0 spiro atoms. The smallest absolute Gasteiger partial charge is 0.168 e. The van der Waals surface area contributed by atoms with Crippen LogP contribution in [0.25, 0.3) is 0 Å². The quantitative estimate of drug-likeness (QED) is 0.855. The Bertz CT molecular complexity index is 315. The van der Waals surface area contributed by atoms with Crippen molar-refractivity contribution in [2.75, 3.05) is 12.4 Å². The maximum Gasteiger partial charge on any atom is 0.168 e. The molecule has 0 radical (unpaired) electrons. The molecule has 0 amide bonds. The summed E-state index contributed by atoms with van der Waals surface area (Å²) >= 11 is 0. The first-order chi connectivity index (χ1) is 8.47. The lowest BCUT2D eigenvalue weighted by molar-refractivity contribution is 0.407. The molecule has 0 aromatic carbocycles. The Hall–Kier alpha value is -1.12. The third-order valence-corrected chi connectivity index (χ3v) is 3.37. The summed E-state index contributed by atoms with van der Waals surface area (Å²) < 4.78 is 13.1. The molecule has 0 aliphatic carbocycles. The Balaban J connectivity index is 0.000000360. The lowest BCUT2D eigenvalue weighted by Crippen LogP contribution is -2.00. The van der Waals surface area contributed by atoms with Crippen molar-refractivity contribution in [1.29, 1.82) is 0 Å². The van der Waals surface area contributed by atoms with Crippen molar-refractivity contribution >= 4 is 5.82 Å². The number of hydrogen-bond donors (Lipinski definition) is 1. The second-order valence-electron chi connectivity index (χ2n) is 4.87. The van der Waals surface area contributed by atoms with E-state index in [0.29, 0.717) is 17.8 Å². The molecule has 0 aliphatic rings. The highest BCUT2D eigenvalue weighted by Gasteiger charge is 2.04. The monoisotopic (exact) mass is 254 g/mol. The van der Waals surface area contributed by atoms with Crippen LogP contribution in [-0.4, -0.2) is 12.0 Å². The number of hydrogen-bond acceptors (Lipinski definition) is 2. The van der Waals surface area contributed by atoms with Crippen LogP contribution >= 0.6 is 0 Å². The summed E-state index contributed by atoms with van der Waals surface area (Å²) in [7, 11) is 1.66. The molecular formula is C15H27FN2. The van der Waals surface area contributed by atoms with Crippen molar-refractivity contribution in [2.45, 2.75) is 47.5 Å². The van der Waals surface area contributed by atoms with Crippen molar-refractivity contribution in [3.8, 4) is 0 Å². The summed E-state index contributed by atoms with van der Waals surface area (Å²) in [5.74, 6) is 1.85. The van der Waals surface area contributed by atoms with Crippen LogP contribution in [0.3, 0.4) is 0 Å². The van der Waals surface area contributed by atoms with Crippen molar-refractivity contribution in [3.05, 3.63) is 23.6 Å². The molecule has 1 unspecified atom stereocenters. The van der Waals surface area contributed by atoms with E-state index in [4.69, 9.17) is 0 Å². The van der Waals surface area contributed by atoms with Crippen LogP contribution in [0.15, 0.2) is 12.3 Å². The normalized spacial score (nSPS) is 11.8. The average molecular weight is 254 g/mol. The molecule has 3 heteroatoms. The number of aryl methyl sites for hydroxylation is 1. The summed E-state index contributed by atoms with van der Waals surface area (Å²) in [5, 5.41) is 2.68. The highest BCUT2D eigenvalue weighted by Crippen LogP contribution is 2.14. The Kier molecular flexibility index (Phi) is 8.34. The van der Waals surface area contributed by atoms with Crippen molar-refractivity contribution in [1.82, 2.24) is 4.98 Å².